The Bertz CT molecular complexity index is 505. The summed E-state index contributed by atoms with van der Waals surface area (Å²) >= 11 is 4.68. The molecule has 20 heavy (non-hydrogen) atoms. The summed E-state index contributed by atoms with van der Waals surface area (Å²) in [5, 5.41) is 4.62. The Kier molecular flexibility index (Phi) is 5.32. The maximum Gasteiger partial charge on any atom is 0.418 e. The minimum atomic E-state index is -4.53. The number of hydrogen-bond acceptors (Lipinski definition) is 2. The first-order valence-corrected chi connectivity index (χ1v) is 6.13. The Morgan fingerprint density at radius 1 is 1.40 bits per heavy atom. The van der Waals surface area contributed by atoms with Gasteiger partial charge in [-0.1, -0.05) is 24.4 Å². The van der Waals surface area contributed by atoms with Gasteiger partial charge in [0.15, 0.2) is 0 Å². The molecule has 1 atom stereocenters. The predicted octanol–water partition coefficient (Wildman–Crippen LogP) is 2.89. The van der Waals surface area contributed by atoms with Crippen LogP contribution in [0.15, 0.2) is 24.3 Å². The number of nitrogens with one attached hydrogen (secondary N) is 2. The Hall–Kier alpha value is -1.83. The van der Waals surface area contributed by atoms with Crippen molar-refractivity contribution in [3.63, 3.8) is 0 Å². The van der Waals surface area contributed by atoms with E-state index >= 15 is 0 Å². The fourth-order valence-electron chi connectivity index (χ4n) is 1.57. The van der Waals surface area contributed by atoms with Gasteiger partial charge >= 0.3 is 12.2 Å². The smallest absolute Gasteiger partial charge is 0.393 e. The first-order chi connectivity index (χ1) is 9.20. The Morgan fingerprint density at radius 3 is 2.55 bits per heavy atom. The van der Waals surface area contributed by atoms with Crippen molar-refractivity contribution in [1.29, 1.82) is 0 Å². The molecule has 4 N–H and O–H groups in total. The molecular weight excluding hydrogens is 291 g/mol. The number of carbonyl (C=O) groups excluding carboxylic acids is 1. The SMILES string of the molecule is CC(CC(N)=S)NC(=O)Nc1ccccc1C(F)(F)F. The zero-order valence-electron chi connectivity index (χ0n) is 10.6. The highest BCUT2D eigenvalue weighted by Gasteiger charge is 2.33. The molecular formula is C12H14F3N3OS. The highest BCUT2D eigenvalue weighted by atomic mass is 32.1. The van der Waals surface area contributed by atoms with Crippen LogP contribution in [0.1, 0.15) is 18.9 Å². The van der Waals surface area contributed by atoms with E-state index in [0.29, 0.717) is 0 Å². The lowest BCUT2D eigenvalue weighted by Crippen LogP contribution is -2.38. The summed E-state index contributed by atoms with van der Waals surface area (Å²) in [6.45, 7) is 1.65. The number of amides is 2. The van der Waals surface area contributed by atoms with Crippen molar-refractivity contribution in [3.05, 3.63) is 29.8 Å². The average molecular weight is 305 g/mol. The van der Waals surface area contributed by atoms with Crippen LogP contribution < -0.4 is 16.4 Å². The third-order valence-electron chi connectivity index (χ3n) is 2.37. The minimum absolute atomic E-state index is 0.216. The third-order valence-corrected chi connectivity index (χ3v) is 2.53. The van der Waals surface area contributed by atoms with Crippen molar-refractivity contribution in [2.45, 2.75) is 25.6 Å². The number of halogens is 3. The molecule has 0 aliphatic carbocycles. The molecule has 1 aromatic rings. The minimum Gasteiger partial charge on any atom is -0.393 e. The number of rotatable bonds is 4. The van der Waals surface area contributed by atoms with E-state index in [4.69, 9.17) is 5.73 Å². The summed E-state index contributed by atoms with van der Waals surface area (Å²) in [4.78, 5) is 11.8. The van der Waals surface area contributed by atoms with E-state index in [1.54, 1.807) is 6.92 Å². The van der Waals surface area contributed by atoms with Crippen molar-refractivity contribution in [2.24, 2.45) is 5.73 Å². The van der Waals surface area contributed by atoms with Crippen LogP contribution in [-0.2, 0) is 6.18 Å². The molecule has 2 amide bonds. The maximum absolute atomic E-state index is 12.7. The molecule has 0 aromatic heterocycles. The summed E-state index contributed by atoms with van der Waals surface area (Å²) in [5.41, 5.74) is 4.10. The molecule has 0 radical (unpaired) electrons. The zero-order valence-corrected chi connectivity index (χ0v) is 11.4. The average Bonchev–Trinajstić information content (AvgIpc) is 2.26. The van der Waals surface area contributed by atoms with E-state index in [1.165, 1.54) is 18.2 Å². The van der Waals surface area contributed by atoms with Gasteiger partial charge in [0.2, 0.25) is 0 Å². The van der Waals surface area contributed by atoms with E-state index in [2.05, 4.69) is 22.9 Å². The van der Waals surface area contributed by atoms with Gasteiger partial charge in [-0.3, -0.25) is 0 Å². The number of nitrogens with two attached hydrogens (primary N) is 1. The molecule has 4 nitrogen and oxygen atoms in total. The molecule has 8 heteroatoms. The normalized spacial score (nSPS) is 12.6. The van der Waals surface area contributed by atoms with E-state index < -0.39 is 17.8 Å². The van der Waals surface area contributed by atoms with Crippen LogP contribution in [0.25, 0.3) is 0 Å². The second-order valence-electron chi connectivity index (χ2n) is 4.21. The Labute approximate surface area is 119 Å². The highest BCUT2D eigenvalue weighted by molar-refractivity contribution is 7.80. The van der Waals surface area contributed by atoms with Gasteiger partial charge in [-0.15, -0.1) is 0 Å². The van der Waals surface area contributed by atoms with Crippen LogP contribution in [0, 0.1) is 0 Å². The summed E-state index contributed by atoms with van der Waals surface area (Å²) < 4.78 is 38.2. The van der Waals surface area contributed by atoms with Gasteiger partial charge in [-0.2, -0.15) is 13.2 Å². The lowest BCUT2D eigenvalue weighted by atomic mass is 10.1. The number of thiocarbonyl (C=S) groups is 1. The largest absolute Gasteiger partial charge is 0.418 e. The molecule has 0 aliphatic heterocycles. The second kappa shape index (κ2) is 6.56. The van der Waals surface area contributed by atoms with E-state index in [1.807, 2.05) is 0 Å². The first-order valence-electron chi connectivity index (χ1n) is 5.72. The monoisotopic (exact) mass is 305 g/mol. The number of para-hydroxylation sites is 1. The van der Waals surface area contributed by atoms with E-state index in [-0.39, 0.29) is 23.1 Å². The predicted molar refractivity (Wildman–Crippen MR) is 74.5 cm³/mol. The molecule has 0 aliphatic rings. The van der Waals surface area contributed by atoms with Crippen molar-refractivity contribution < 1.29 is 18.0 Å². The van der Waals surface area contributed by atoms with Crippen LogP contribution in [0.2, 0.25) is 0 Å². The van der Waals surface area contributed by atoms with Gasteiger partial charge in [0.25, 0.3) is 0 Å². The number of anilines is 1. The van der Waals surface area contributed by atoms with Crippen molar-refractivity contribution in [1.82, 2.24) is 5.32 Å². The zero-order chi connectivity index (χ0) is 15.3. The molecule has 0 saturated heterocycles. The quantitative estimate of drug-likeness (QED) is 0.749. The number of urea groups is 1. The fourth-order valence-corrected chi connectivity index (χ4v) is 1.82. The van der Waals surface area contributed by atoms with Crippen LogP contribution in [0.4, 0.5) is 23.7 Å². The molecule has 0 fully saturated rings. The second-order valence-corrected chi connectivity index (χ2v) is 4.74. The van der Waals surface area contributed by atoms with Crippen molar-refractivity contribution >= 4 is 28.9 Å². The molecule has 110 valence electrons. The number of alkyl halides is 3. The number of hydrogen-bond donors (Lipinski definition) is 3. The van der Waals surface area contributed by atoms with Crippen molar-refractivity contribution in [3.8, 4) is 0 Å². The summed E-state index contributed by atoms with van der Waals surface area (Å²) in [7, 11) is 0. The summed E-state index contributed by atoms with van der Waals surface area (Å²) in [6, 6.07) is 3.62. The lowest BCUT2D eigenvalue weighted by Gasteiger charge is -2.16. The third kappa shape index (κ3) is 5.04. The molecule has 0 spiro atoms. The molecule has 1 rings (SSSR count). The molecule has 0 bridgehead atoms. The highest BCUT2D eigenvalue weighted by Crippen LogP contribution is 2.34. The molecule has 1 aromatic carbocycles. The summed E-state index contributed by atoms with van der Waals surface area (Å²) in [5.74, 6) is 0. The maximum atomic E-state index is 12.7. The van der Waals surface area contributed by atoms with Crippen LogP contribution in [0.3, 0.4) is 0 Å². The van der Waals surface area contributed by atoms with Gasteiger partial charge in [0, 0.05) is 12.5 Å². The number of carbonyl (C=O) groups is 1. The van der Waals surface area contributed by atoms with Crippen LogP contribution in [0.5, 0.6) is 0 Å². The lowest BCUT2D eigenvalue weighted by molar-refractivity contribution is -0.136. The van der Waals surface area contributed by atoms with Gasteiger partial charge in [0.1, 0.15) is 0 Å². The van der Waals surface area contributed by atoms with Crippen molar-refractivity contribution in [2.75, 3.05) is 5.32 Å². The van der Waals surface area contributed by atoms with E-state index in [9.17, 15) is 18.0 Å². The van der Waals surface area contributed by atoms with Gasteiger partial charge in [-0.25, -0.2) is 4.79 Å². The topological polar surface area (TPSA) is 67.1 Å². The Morgan fingerprint density at radius 2 is 2.00 bits per heavy atom. The van der Waals surface area contributed by atoms with Crippen LogP contribution in [-0.4, -0.2) is 17.1 Å². The van der Waals surface area contributed by atoms with E-state index in [0.717, 1.165) is 6.07 Å². The summed E-state index contributed by atoms with van der Waals surface area (Å²) in [6.07, 6.45) is -4.27. The van der Waals surface area contributed by atoms with Gasteiger partial charge in [0.05, 0.1) is 16.2 Å². The standard InChI is InChI=1S/C12H14F3N3OS/c1-7(6-10(16)20)17-11(19)18-9-5-3-2-4-8(9)12(13,14)15/h2-5,7H,6H2,1H3,(H2,16,20)(H2,17,18,19). The molecule has 0 heterocycles. The van der Waals surface area contributed by atoms with Crippen LogP contribution >= 0.6 is 12.2 Å². The Balaban J connectivity index is 2.74. The fraction of sp³-hybridized carbons (Fsp3) is 0.333. The molecule has 0 saturated carbocycles. The van der Waals surface area contributed by atoms with Gasteiger partial charge in [-0.05, 0) is 19.1 Å². The molecule has 1 unspecified atom stereocenters. The van der Waals surface area contributed by atoms with Gasteiger partial charge < -0.3 is 16.4 Å². The first kappa shape index (κ1) is 16.2. The number of benzene rings is 1.